The Morgan fingerprint density at radius 1 is 1.03 bits per heavy atom. The number of carbonyl (C=O) groups excluding carboxylic acids is 1. The van der Waals surface area contributed by atoms with E-state index in [0.717, 1.165) is 22.6 Å². The number of hydrogen-bond donors (Lipinski definition) is 1. The summed E-state index contributed by atoms with van der Waals surface area (Å²) in [6.45, 7) is 4.60. The molecule has 0 fully saturated rings. The predicted molar refractivity (Wildman–Crippen MR) is 121 cm³/mol. The van der Waals surface area contributed by atoms with Crippen LogP contribution in [0.2, 0.25) is 0 Å². The summed E-state index contributed by atoms with van der Waals surface area (Å²) in [5, 5.41) is 10.9. The number of carbonyl (C=O) groups is 1. The monoisotopic (exact) mass is 414 g/mol. The van der Waals surface area contributed by atoms with E-state index in [9.17, 15) is 9.90 Å². The minimum Gasteiger partial charge on any atom is -0.503 e. The Hall–Kier alpha value is -3.60. The molecule has 1 aliphatic heterocycles. The van der Waals surface area contributed by atoms with Crippen molar-refractivity contribution < 1.29 is 14.6 Å². The van der Waals surface area contributed by atoms with Crippen LogP contribution >= 0.6 is 0 Å². The van der Waals surface area contributed by atoms with Crippen LogP contribution in [0.1, 0.15) is 48.2 Å². The van der Waals surface area contributed by atoms with Crippen molar-refractivity contribution in [2.45, 2.75) is 32.4 Å². The highest BCUT2D eigenvalue weighted by Crippen LogP contribution is 2.44. The number of aliphatic hydroxyl groups excluding tert-OH is 1. The Bertz CT molecular complexity index is 1090. The van der Waals surface area contributed by atoms with Gasteiger partial charge in [-0.25, -0.2) is 0 Å². The highest BCUT2D eigenvalue weighted by atomic mass is 16.5. The molecule has 0 unspecified atom stereocenters. The van der Waals surface area contributed by atoms with Gasteiger partial charge in [-0.2, -0.15) is 0 Å². The molecule has 5 heteroatoms. The summed E-state index contributed by atoms with van der Waals surface area (Å²) in [5.74, 6) is 0.513. The molecule has 0 saturated heterocycles. The first-order valence-corrected chi connectivity index (χ1v) is 10.4. The highest BCUT2D eigenvalue weighted by Gasteiger charge is 2.41. The summed E-state index contributed by atoms with van der Waals surface area (Å²) in [6.07, 6.45) is 1.71. The van der Waals surface area contributed by atoms with Gasteiger partial charge in [0.25, 0.3) is 5.91 Å². The SMILES string of the molecule is COc1ccc(C2=C(O)C(=O)N(Cc3ccccn3)[C@H]2c2ccc(C(C)C)cc2)cc1. The summed E-state index contributed by atoms with van der Waals surface area (Å²) in [4.78, 5) is 19.2. The second kappa shape index (κ2) is 8.64. The molecular formula is C26H26N2O3. The number of rotatable bonds is 6. The van der Waals surface area contributed by atoms with Crippen molar-refractivity contribution in [3.05, 3.63) is 101 Å². The van der Waals surface area contributed by atoms with E-state index in [4.69, 9.17) is 4.74 Å². The van der Waals surface area contributed by atoms with E-state index >= 15 is 0 Å². The Kier molecular flexibility index (Phi) is 5.76. The number of nitrogens with zero attached hydrogens (tertiary/aromatic N) is 2. The van der Waals surface area contributed by atoms with Gasteiger partial charge in [0, 0.05) is 11.8 Å². The number of ether oxygens (including phenoxy) is 1. The molecule has 2 aromatic carbocycles. The molecular weight excluding hydrogens is 388 g/mol. The van der Waals surface area contributed by atoms with Crippen molar-refractivity contribution in [2.24, 2.45) is 0 Å². The maximum absolute atomic E-state index is 13.1. The lowest BCUT2D eigenvalue weighted by atomic mass is 9.91. The minimum absolute atomic E-state index is 0.223. The fraction of sp³-hybridized carbons (Fsp3) is 0.231. The van der Waals surface area contributed by atoms with Gasteiger partial charge in [-0.05, 0) is 46.9 Å². The average molecular weight is 415 g/mol. The van der Waals surface area contributed by atoms with Crippen molar-refractivity contribution in [1.29, 1.82) is 0 Å². The lowest BCUT2D eigenvalue weighted by Gasteiger charge is -2.27. The zero-order chi connectivity index (χ0) is 22.0. The van der Waals surface area contributed by atoms with Gasteiger partial charge in [-0.3, -0.25) is 9.78 Å². The quantitative estimate of drug-likeness (QED) is 0.597. The predicted octanol–water partition coefficient (Wildman–Crippen LogP) is 5.27. The average Bonchev–Trinajstić information content (AvgIpc) is 3.05. The number of benzene rings is 2. The van der Waals surface area contributed by atoms with Crippen molar-refractivity contribution in [1.82, 2.24) is 9.88 Å². The van der Waals surface area contributed by atoms with Crippen molar-refractivity contribution >= 4 is 11.5 Å². The van der Waals surface area contributed by atoms with E-state index in [0.29, 0.717) is 18.0 Å². The summed E-state index contributed by atoms with van der Waals surface area (Å²) < 4.78 is 5.26. The largest absolute Gasteiger partial charge is 0.503 e. The van der Waals surface area contributed by atoms with Crippen LogP contribution in [0.4, 0.5) is 0 Å². The Morgan fingerprint density at radius 3 is 2.32 bits per heavy atom. The van der Waals surface area contributed by atoms with Gasteiger partial charge in [0.2, 0.25) is 0 Å². The molecule has 0 aliphatic carbocycles. The molecule has 4 rings (SSSR count). The van der Waals surface area contributed by atoms with Crippen molar-refractivity contribution in [3.63, 3.8) is 0 Å². The fourth-order valence-corrected chi connectivity index (χ4v) is 3.96. The zero-order valence-electron chi connectivity index (χ0n) is 17.9. The molecule has 1 atom stereocenters. The molecule has 0 spiro atoms. The first-order valence-electron chi connectivity index (χ1n) is 10.4. The van der Waals surface area contributed by atoms with Gasteiger partial charge in [0.15, 0.2) is 5.76 Å². The summed E-state index contributed by atoms with van der Waals surface area (Å²) in [7, 11) is 1.61. The molecule has 0 bridgehead atoms. The number of methoxy groups -OCH3 is 1. The second-order valence-electron chi connectivity index (χ2n) is 7.97. The lowest BCUT2D eigenvalue weighted by Crippen LogP contribution is -2.30. The summed E-state index contributed by atoms with van der Waals surface area (Å²) >= 11 is 0. The fourth-order valence-electron chi connectivity index (χ4n) is 3.96. The Balaban J connectivity index is 1.79. The maximum atomic E-state index is 13.1. The zero-order valence-corrected chi connectivity index (χ0v) is 17.9. The molecule has 158 valence electrons. The van der Waals surface area contributed by atoms with E-state index < -0.39 is 11.9 Å². The summed E-state index contributed by atoms with van der Waals surface area (Å²) in [5.41, 5.74) is 4.32. The molecule has 1 amide bonds. The molecule has 1 aromatic heterocycles. The van der Waals surface area contributed by atoms with Crippen LogP contribution in [0, 0.1) is 0 Å². The van der Waals surface area contributed by atoms with Gasteiger partial charge >= 0.3 is 0 Å². The van der Waals surface area contributed by atoms with Crippen LogP contribution in [0.15, 0.2) is 78.7 Å². The van der Waals surface area contributed by atoms with Crippen molar-refractivity contribution in [3.8, 4) is 5.75 Å². The smallest absolute Gasteiger partial charge is 0.290 e. The van der Waals surface area contributed by atoms with Crippen LogP contribution in [-0.4, -0.2) is 28.0 Å². The number of amides is 1. The van der Waals surface area contributed by atoms with E-state index in [1.807, 2.05) is 54.6 Å². The van der Waals surface area contributed by atoms with Gasteiger partial charge in [-0.1, -0.05) is 56.3 Å². The van der Waals surface area contributed by atoms with Crippen LogP contribution in [0.25, 0.3) is 5.57 Å². The highest BCUT2D eigenvalue weighted by molar-refractivity contribution is 6.05. The molecule has 31 heavy (non-hydrogen) atoms. The van der Waals surface area contributed by atoms with E-state index in [1.165, 1.54) is 5.56 Å². The lowest BCUT2D eigenvalue weighted by molar-refractivity contribution is -0.130. The third-order valence-electron chi connectivity index (χ3n) is 5.68. The van der Waals surface area contributed by atoms with E-state index in [2.05, 4.69) is 31.0 Å². The molecule has 1 N–H and O–H groups in total. The first-order chi connectivity index (χ1) is 15.0. The second-order valence-corrected chi connectivity index (χ2v) is 7.97. The van der Waals surface area contributed by atoms with E-state index in [-0.39, 0.29) is 5.76 Å². The third kappa shape index (κ3) is 4.04. The van der Waals surface area contributed by atoms with Crippen LogP contribution in [0.3, 0.4) is 0 Å². The van der Waals surface area contributed by atoms with Crippen LogP contribution in [0.5, 0.6) is 5.75 Å². The number of aliphatic hydroxyl groups is 1. The Morgan fingerprint density at radius 2 is 1.74 bits per heavy atom. The number of pyridine rings is 1. The topological polar surface area (TPSA) is 62.7 Å². The molecule has 2 heterocycles. The third-order valence-corrected chi connectivity index (χ3v) is 5.68. The standard InChI is InChI=1S/C26H26N2O3/c1-17(2)18-7-9-20(10-8-18)24-23(19-11-13-22(31-3)14-12-19)25(29)26(30)28(24)16-21-6-4-5-15-27-21/h4-15,17,24,29H,16H2,1-3H3/t24-/m0/s1. The van der Waals surface area contributed by atoms with Gasteiger partial charge in [-0.15, -0.1) is 0 Å². The number of aromatic nitrogens is 1. The first kappa shape index (κ1) is 20.7. The Labute approximate surface area is 182 Å². The van der Waals surface area contributed by atoms with Crippen LogP contribution in [-0.2, 0) is 11.3 Å². The van der Waals surface area contributed by atoms with Crippen molar-refractivity contribution in [2.75, 3.05) is 7.11 Å². The molecule has 1 aliphatic rings. The normalized spacial score (nSPS) is 16.3. The van der Waals surface area contributed by atoms with Crippen LogP contribution < -0.4 is 4.74 Å². The van der Waals surface area contributed by atoms with Gasteiger partial charge < -0.3 is 14.7 Å². The van der Waals surface area contributed by atoms with Gasteiger partial charge in [0.05, 0.1) is 25.4 Å². The molecule has 5 nitrogen and oxygen atoms in total. The molecule has 0 saturated carbocycles. The molecule has 0 radical (unpaired) electrons. The maximum Gasteiger partial charge on any atom is 0.290 e. The molecule has 3 aromatic rings. The van der Waals surface area contributed by atoms with E-state index in [1.54, 1.807) is 18.2 Å². The number of hydrogen-bond acceptors (Lipinski definition) is 4. The minimum atomic E-state index is -0.413. The summed E-state index contributed by atoms with van der Waals surface area (Å²) in [6, 6.07) is 20.9. The van der Waals surface area contributed by atoms with Gasteiger partial charge in [0.1, 0.15) is 5.75 Å².